The molecular weight excluding hydrogens is 436 g/mol. The molecular formula is C26H23BrN2O. The van der Waals surface area contributed by atoms with Gasteiger partial charge in [0.25, 0.3) is 0 Å². The fourth-order valence-corrected chi connectivity index (χ4v) is 5.11. The number of benzene rings is 3. The molecule has 2 N–H and O–H groups in total. The summed E-state index contributed by atoms with van der Waals surface area (Å²) in [4.78, 5) is 7.19. The van der Waals surface area contributed by atoms with E-state index in [1.54, 1.807) is 7.11 Å². The minimum Gasteiger partial charge on any atom is -0.496 e. The van der Waals surface area contributed by atoms with E-state index >= 15 is 0 Å². The molecule has 0 unspecified atom stereocenters. The van der Waals surface area contributed by atoms with Crippen LogP contribution >= 0.6 is 15.9 Å². The summed E-state index contributed by atoms with van der Waals surface area (Å²) >= 11 is 3.69. The number of nitrogens with one attached hydrogen (secondary N) is 2. The number of hydrogen-bond acceptors (Lipinski definition) is 1. The predicted molar refractivity (Wildman–Crippen MR) is 128 cm³/mol. The molecule has 150 valence electrons. The van der Waals surface area contributed by atoms with E-state index in [2.05, 4.69) is 94.3 Å². The van der Waals surface area contributed by atoms with Gasteiger partial charge in [-0.2, -0.15) is 0 Å². The second-order valence-electron chi connectivity index (χ2n) is 7.74. The normalized spacial score (nSPS) is 11.6. The third-order valence-corrected chi connectivity index (χ3v) is 6.46. The molecule has 0 saturated heterocycles. The highest BCUT2D eigenvalue weighted by atomic mass is 79.9. The smallest absolute Gasteiger partial charge is 0.123 e. The lowest BCUT2D eigenvalue weighted by atomic mass is 9.81. The van der Waals surface area contributed by atoms with Gasteiger partial charge in [-0.05, 0) is 55.3 Å². The second kappa shape index (κ2) is 7.37. The molecule has 0 fully saturated rings. The minimum atomic E-state index is 0.0183. The topological polar surface area (TPSA) is 40.8 Å². The lowest BCUT2D eigenvalue weighted by molar-refractivity contribution is 0.409. The Morgan fingerprint density at radius 3 is 1.83 bits per heavy atom. The summed E-state index contributed by atoms with van der Waals surface area (Å²) in [6.45, 7) is 4.33. The SMILES string of the molecule is COc1ccc(Br)cc1C(c1c(C)[nH]c2ccccc12)c1c(C)[nH]c2ccccc12. The molecule has 0 bridgehead atoms. The summed E-state index contributed by atoms with van der Waals surface area (Å²) in [6, 6.07) is 23.3. The quantitative estimate of drug-likeness (QED) is 0.293. The third-order valence-electron chi connectivity index (χ3n) is 5.97. The van der Waals surface area contributed by atoms with Crippen LogP contribution in [0.25, 0.3) is 21.8 Å². The molecule has 0 aliphatic heterocycles. The molecule has 0 radical (unpaired) electrons. The Kier molecular flexibility index (Phi) is 4.67. The Morgan fingerprint density at radius 2 is 1.30 bits per heavy atom. The van der Waals surface area contributed by atoms with Crippen LogP contribution in [0.2, 0.25) is 0 Å². The van der Waals surface area contributed by atoms with E-state index in [1.165, 1.54) is 33.3 Å². The maximum atomic E-state index is 5.84. The summed E-state index contributed by atoms with van der Waals surface area (Å²) in [5, 5.41) is 2.48. The molecule has 4 heteroatoms. The number of halogens is 1. The van der Waals surface area contributed by atoms with E-state index < -0.39 is 0 Å². The summed E-state index contributed by atoms with van der Waals surface area (Å²) in [6.07, 6.45) is 0. The molecule has 3 aromatic carbocycles. The molecule has 30 heavy (non-hydrogen) atoms. The van der Waals surface area contributed by atoms with Crippen molar-refractivity contribution in [2.24, 2.45) is 0 Å². The third kappa shape index (κ3) is 2.94. The number of methoxy groups -OCH3 is 1. The van der Waals surface area contributed by atoms with Crippen molar-refractivity contribution in [3.05, 3.63) is 99.3 Å². The summed E-state index contributed by atoms with van der Waals surface area (Å²) in [5.74, 6) is 0.905. The lowest BCUT2D eigenvalue weighted by Gasteiger charge is -2.22. The average molecular weight is 459 g/mol. The number of para-hydroxylation sites is 2. The van der Waals surface area contributed by atoms with Gasteiger partial charge < -0.3 is 14.7 Å². The minimum absolute atomic E-state index is 0.0183. The van der Waals surface area contributed by atoms with Crippen LogP contribution in [0, 0.1) is 13.8 Å². The van der Waals surface area contributed by atoms with Gasteiger partial charge in [0, 0.05) is 49.1 Å². The van der Waals surface area contributed by atoms with Crippen LogP contribution in [-0.2, 0) is 0 Å². The first-order chi connectivity index (χ1) is 14.6. The monoisotopic (exact) mass is 458 g/mol. The van der Waals surface area contributed by atoms with E-state index in [4.69, 9.17) is 4.74 Å². The number of rotatable bonds is 4. The number of aromatic nitrogens is 2. The summed E-state index contributed by atoms with van der Waals surface area (Å²) in [7, 11) is 1.74. The predicted octanol–water partition coefficient (Wildman–Crippen LogP) is 7.22. The Morgan fingerprint density at radius 1 is 0.767 bits per heavy atom. The van der Waals surface area contributed by atoms with E-state index in [0.717, 1.165) is 26.8 Å². The molecule has 0 aliphatic carbocycles. The molecule has 3 nitrogen and oxygen atoms in total. The molecule has 0 saturated carbocycles. The van der Waals surface area contributed by atoms with Crippen LogP contribution in [0.15, 0.2) is 71.2 Å². The fourth-order valence-electron chi connectivity index (χ4n) is 4.73. The van der Waals surface area contributed by atoms with Gasteiger partial charge in [0.15, 0.2) is 0 Å². The van der Waals surface area contributed by atoms with E-state index in [0.29, 0.717) is 0 Å². The average Bonchev–Trinajstić information content (AvgIpc) is 3.25. The van der Waals surface area contributed by atoms with Gasteiger partial charge in [-0.1, -0.05) is 52.3 Å². The molecule has 5 aromatic rings. The van der Waals surface area contributed by atoms with E-state index in [1.807, 2.05) is 12.1 Å². The highest BCUT2D eigenvalue weighted by Crippen LogP contribution is 2.45. The van der Waals surface area contributed by atoms with Crippen molar-refractivity contribution < 1.29 is 4.74 Å². The maximum absolute atomic E-state index is 5.84. The molecule has 0 amide bonds. The highest BCUT2D eigenvalue weighted by Gasteiger charge is 2.29. The maximum Gasteiger partial charge on any atom is 0.123 e. The van der Waals surface area contributed by atoms with Crippen molar-refractivity contribution in [1.29, 1.82) is 0 Å². The van der Waals surface area contributed by atoms with Gasteiger partial charge >= 0.3 is 0 Å². The molecule has 0 spiro atoms. The van der Waals surface area contributed by atoms with E-state index in [9.17, 15) is 0 Å². The first-order valence-corrected chi connectivity index (χ1v) is 10.9. The number of aromatic amines is 2. The van der Waals surface area contributed by atoms with Crippen LogP contribution < -0.4 is 4.74 Å². The van der Waals surface area contributed by atoms with Crippen LogP contribution in [-0.4, -0.2) is 17.1 Å². The molecule has 0 atom stereocenters. The zero-order valence-corrected chi connectivity index (χ0v) is 18.8. The van der Waals surface area contributed by atoms with Crippen LogP contribution in [0.1, 0.15) is 34.0 Å². The zero-order chi connectivity index (χ0) is 20.8. The van der Waals surface area contributed by atoms with Crippen LogP contribution in [0.5, 0.6) is 5.75 Å². The Hall–Kier alpha value is -2.98. The number of aryl methyl sites for hydroxylation is 2. The number of ether oxygens (including phenoxy) is 1. The molecule has 2 aromatic heterocycles. The Labute approximate surface area is 184 Å². The van der Waals surface area contributed by atoms with Gasteiger partial charge in [0.2, 0.25) is 0 Å². The fraction of sp³-hybridized carbons (Fsp3) is 0.154. The standard InChI is InChI=1S/C26H23BrN2O/c1-15-24(18-8-4-6-10-21(18)28-15)26(20-14-17(27)12-13-23(20)30-3)25-16(2)29-22-11-7-5-9-19(22)25/h4-14,26,28-29H,1-3H3. The summed E-state index contributed by atoms with van der Waals surface area (Å²) in [5.41, 5.74) is 8.38. The first-order valence-electron chi connectivity index (χ1n) is 10.1. The number of fused-ring (bicyclic) bond motifs is 2. The van der Waals surface area contributed by atoms with Gasteiger partial charge in [0.05, 0.1) is 7.11 Å². The van der Waals surface area contributed by atoms with Crippen molar-refractivity contribution in [2.75, 3.05) is 7.11 Å². The lowest BCUT2D eigenvalue weighted by Crippen LogP contribution is -2.08. The van der Waals surface area contributed by atoms with Crippen molar-refractivity contribution in [1.82, 2.24) is 9.97 Å². The van der Waals surface area contributed by atoms with Gasteiger partial charge in [-0.15, -0.1) is 0 Å². The Bertz CT molecular complexity index is 1300. The van der Waals surface area contributed by atoms with Crippen LogP contribution in [0.3, 0.4) is 0 Å². The van der Waals surface area contributed by atoms with Gasteiger partial charge in [0.1, 0.15) is 5.75 Å². The second-order valence-corrected chi connectivity index (χ2v) is 8.65. The summed E-state index contributed by atoms with van der Waals surface area (Å²) < 4.78 is 6.88. The molecule has 2 heterocycles. The largest absolute Gasteiger partial charge is 0.496 e. The number of hydrogen-bond donors (Lipinski definition) is 2. The van der Waals surface area contributed by atoms with Crippen molar-refractivity contribution in [3.8, 4) is 5.75 Å². The molecule has 0 aliphatic rings. The highest BCUT2D eigenvalue weighted by molar-refractivity contribution is 9.10. The van der Waals surface area contributed by atoms with Crippen molar-refractivity contribution >= 4 is 37.7 Å². The first kappa shape index (κ1) is 19.0. The van der Waals surface area contributed by atoms with Crippen LogP contribution in [0.4, 0.5) is 0 Å². The number of H-pyrrole nitrogens is 2. The van der Waals surface area contributed by atoms with E-state index in [-0.39, 0.29) is 5.92 Å². The zero-order valence-electron chi connectivity index (χ0n) is 17.2. The van der Waals surface area contributed by atoms with Crippen molar-refractivity contribution in [3.63, 3.8) is 0 Å². The Balaban J connectivity index is 1.91. The van der Waals surface area contributed by atoms with Gasteiger partial charge in [-0.3, -0.25) is 0 Å². The van der Waals surface area contributed by atoms with Gasteiger partial charge in [-0.25, -0.2) is 0 Å². The van der Waals surface area contributed by atoms with Crippen molar-refractivity contribution in [2.45, 2.75) is 19.8 Å². The molecule has 5 rings (SSSR count).